The Morgan fingerprint density at radius 1 is 1.13 bits per heavy atom. The number of nitrogens with zero attached hydrogens (tertiary/aromatic N) is 3. The van der Waals surface area contributed by atoms with Gasteiger partial charge in [0.05, 0.1) is 11.3 Å². The van der Waals surface area contributed by atoms with Crippen molar-refractivity contribution in [2.75, 3.05) is 12.4 Å². The highest BCUT2D eigenvalue weighted by atomic mass is 32.1. The van der Waals surface area contributed by atoms with E-state index in [0.717, 1.165) is 22.1 Å². The fraction of sp³-hybridized carbons (Fsp3) is 0.100. The van der Waals surface area contributed by atoms with Crippen molar-refractivity contribution < 1.29 is 22.7 Å². The van der Waals surface area contributed by atoms with E-state index in [-0.39, 0.29) is 28.4 Å². The van der Waals surface area contributed by atoms with E-state index in [1.54, 1.807) is 18.2 Å². The number of pyridine rings is 1. The molecule has 0 radical (unpaired) electrons. The highest BCUT2D eigenvalue weighted by molar-refractivity contribution is 7.15. The van der Waals surface area contributed by atoms with Crippen molar-refractivity contribution in [2.45, 2.75) is 6.61 Å². The molecule has 2 aromatic heterocycles. The summed E-state index contributed by atoms with van der Waals surface area (Å²) in [5, 5.41) is 11.5. The first-order chi connectivity index (χ1) is 14.9. The van der Waals surface area contributed by atoms with Gasteiger partial charge in [0, 0.05) is 36.2 Å². The van der Waals surface area contributed by atoms with Crippen LogP contribution in [0, 0.1) is 17.5 Å². The fourth-order valence-corrected chi connectivity index (χ4v) is 3.70. The topological polar surface area (TPSA) is 86.1 Å². The lowest BCUT2D eigenvalue weighted by Crippen LogP contribution is -2.23. The second-order valence-electron chi connectivity index (χ2n) is 6.38. The van der Waals surface area contributed by atoms with E-state index in [9.17, 15) is 22.8 Å². The van der Waals surface area contributed by atoms with Crippen molar-refractivity contribution in [3.63, 3.8) is 0 Å². The van der Waals surface area contributed by atoms with Crippen LogP contribution in [-0.4, -0.2) is 27.8 Å². The van der Waals surface area contributed by atoms with E-state index in [4.69, 9.17) is 4.74 Å². The summed E-state index contributed by atoms with van der Waals surface area (Å²) in [6.07, 6.45) is 1.14. The molecule has 7 nitrogen and oxygen atoms in total. The van der Waals surface area contributed by atoms with Crippen LogP contribution in [0.1, 0.15) is 15.4 Å². The largest absolute Gasteiger partial charge is 0.377 e. The number of nitrogens with one attached hydrogen (secondary N) is 1. The maximum atomic E-state index is 13.7. The molecule has 0 unspecified atom stereocenters. The Morgan fingerprint density at radius 3 is 2.48 bits per heavy atom. The molecule has 1 amide bonds. The molecule has 0 atom stereocenters. The number of hydrogen-bond donors (Lipinski definition) is 1. The minimum atomic E-state index is -1.65. The molecule has 2 aromatic carbocycles. The Hall–Kier alpha value is -3.57. The van der Waals surface area contributed by atoms with Crippen molar-refractivity contribution in [1.82, 2.24) is 14.8 Å². The number of ether oxygens (including phenoxy) is 1. The first kappa shape index (κ1) is 20.7. The average Bonchev–Trinajstić information content (AvgIpc) is 3.19. The molecule has 0 saturated carbocycles. The second-order valence-corrected chi connectivity index (χ2v) is 7.44. The number of hydrogen-bond acceptors (Lipinski definition) is 6. The number of rotatable bonds is 5. The summed E-state index contributed by atoms with van der Waals surface area (Å²) in [5.41, 5.74) is -0.848. The molecular weight excluding hydrogens is 433 g/mol. The third kappa shape index (κ3) is 3.92. The molecule has 0 fully saturated rings. The number of carbonyl (C=O) groups excluding carboxylic acids is 1. The molecule has 4 rings (SSSR count). The summed E-state index contributed by atoms with van der Waals surface area (Å²) < 4.78 is 46.7. The van der Waals surface area contributed by atoms with Gasteiger partial charge < -0.3 is 4.74 Å². The summed E-state index contributed by atoms with van der Waals surface area (Å²) in [6.45, 7) is 0.225. The molecule has 1 N–H and O–H groups in total. The van der Waals surface area contributed by atoms with Gasteiger partial charge >= 0.3 is 0 Å². The molecule has 0 spiro atoms. The zero-order valence-electron chi connectivity index (χ0n) is 15.9. The van der Waals surface area contributed by atoms with Crippen LogP contribution in [0.3, 0.4) is 0 Å². The van der Waals surface area contributed by atoms with Gasteiger partial charge in [0.25, 0.3) is 11.5 Å². The third-order valence-corrected chi connectivity index (χ3v) is 5.18. The van der Waals surface area contributed by atoms with E-state index in [0.29, 0.717) is 22.5 Å². The zero-order valence-corrected chi connectivity index (χ0v) is 16.7. The van der Waals surface area contributed by atoms with Gasteiger partial charge in [-0.3, -0.25) is 19.5 Å². The Morgan fingerprint density at radius 2 is 1.81 bits per heavy atom. The first-order valence-electron chi connectivity index (χ1n) is 8.81. The Labute approximate surface area is 176 Å². The normalized spacial score (nSPS) is 11.1. The van der Waals surface area contributed by atoms with Gasteiger partial charge in [-0.1, -0.05) is 29.5 Å². The van der Waals surface area contributed by atoms with Crippen LogP contribution in [-0.2, 0) is 11.3 Å². The summed E-state index contributed by atoms with van der Waals surface area (Å²) in [5.74, 6) is -5.19. The van der Waals surface area contributed by atoms with E-state index in [1.165, 1.54) is 13.2 Å². The molecule has 0 aliphatic rings. The lowest BCUT2D eigenvalue weighted by atomic mass is 10.1. The average molecular weight is 446 g/mol. The molecular formula is C20H13F3N4O3S. The molecule has 11 heteroatoms. The molecule has 4 aromatic rings. The van der Waals surface area contributed by atoms with Crippen LogP contribution in [0.25, 0.3) is 16.5 Å². The molecule has 31 heavy (non-hydrogen) atoms. The van der Waals surface area contributed by atoms with Crippen LogP contribution in [0.15, 0.2) is 47.4 Å². The van der Waals surface area contributed by atoms with E-state index in [2.05, 4.69) is 15.5 Å². The Balaban J connectivity index is 1.84. The van der Waals surface area contributed by atoms with Crippen LogP contribution in [0.5, 0.6) is 0 Å². The number of carbonyl (C=O) groups is 1. The summed E-state index contributed by atoms with van der Waals surface area (Å²) in [7, 11) is 1.50. The zero-order chi connectivity index (χ0) is 22.1. The predicted octanol–water partition coefficient (Wildman–Crippen LogP) is 3.66. The molecule has 0 aliphatic heterocycles. The van der Waals surface area contributed by atoms with Gasteiger partial charge in [-0.15, -0.1) is 10.2 Å². The van der Waals surface area contributed by atoms with Gasteiger partial charge in [0.1, 0.15) is 11.6 Å². The highest BCUT2D eigenvalue weighted by Crippen LogP contribution is 2.22. The summed E-state index contributed by atoms with van der Waals surface area (Å²) in [6, 6.07) is 7.63. The number of anilines is 1. The minimum Gasteiger partial charge on any atom is -0.377 e. The lowest BCUT2D eigenvalue weighted by molar-refractivity contribution is 0.102. The van der Waals surface area contributed by atoms with Gasteiger partial charge in [-0.2, -0.15) is 0 Å². The Kier molecular flexibility index (Phi) is 5.53. The minimum absolute atomic E-state index is 0.0452. The third-order valence-electron chi connectivity index (χ3n) is 4.37. The van der Waals surface area contributed by atoms with E-state index < -0.39 is 28.9 Å². The lowest BCUT2D eigenvalue weighted by Gasteiger charge is -2.12. The number of fused-ring (bicyclic) bond motifs is 1. The molecule has 0 saturated heterocycles. The number of amides is 1. The predicted molar refractivity (Wildman–Crippen MR) is 108 cm³/mol. The van der Waals surface area contributed by atoms with E-state index in [1.807, 2.05) is 0 Å². The summed E-state index contributed by atoms with van der Waals surface area (Å²) >= 11 is 1.11. The van der Waals surface area contributed by atoms with Crippen molar-refractivity contribution in [1.29, 1.82) is 0 Å². The van der Waals surface area contributed by atoms with Crippen LogP contribution >= 0.6 is 11.3 Å². The van der Waals surface area contributed by atoms with Gasteiger partial charge in [-0.25, -0.2) is 13.2 Å². The van der Waals surface area contributed by atoms with Crippen molar-refractivity contribution in [3.8, 4) is 5.69 Å². The molecule has 2 heterocycles. The molecule has 0 bridgehead atoms. The summed E-state index contributed by atoms with van der Waals surface area (Å²) in [4.78, 5) is 25.9. The van der Waals surface area contributed by atoms with Crippen molar-refractivity contribution in [2.24, 2.45) is 0 Å². The van der Waals surface area contributed by atoms with Gasteiger partial charge in [0.15, 0.2) is 17.5 Å². The van der Waals surface area contributed by atoms with Gasteiger partial charge in [0.2, 0.25) is 5.13 Å². The van der Waals surface area contributed by atoms with Crippen LogP contribution < -0.4 is 10.9 Å². The van der Waals surface area contributed by atoms with Crippen molar-refractivity contribution >= 4 is 33.1 Å². The van der Waals surface area contributed by atoms with Crippen LogP contribution in [0.2, 0.25) is 0 Å². The quantitative estimate of drug-likeness (QED) is 0.473. The molecule has 0 aliphatic carbocycles. The SMILES string of the molecule is COCc1nnc(NC(=O)c2cn(-c3cc(F)c(F)c(F)c3)c(=O)c3ccccc23)s1. The maximum absolute atomic E-state index is 13.7. The van der Waals surface area contributed by atoms with E-state index >= 15 is 0 Å². The van der Waals surface area contributed by atoms with Crippen LogP contribution in [0.4, 0.5) is 18.3 Å². The second kappa shape index (κ2) is 8.28. The highest BCUT2D eigenvalue weighted by Gasteiger charge is 2.19. The Bertz CT molecular complexity index is 1350. The number of aromatic nitrogens is 3. The molecule has 158 valence electrons. The first-order valence-corrected chi connectivity index (χ1v) is 9.62. The maximum Gasteiger partial charge on any atom is 0.262 e. The number of halogens is 3. The number of benzene rings is 2. The fourth-order valence-electron chi connectivity index (χ4n) is 3.00. The standard InChI is InChI=1S/C20H13F3N4O3S/c1-30-9-16-25-26-20(31-16)24-18(28)13-8-27(10-6-14(21)17(23)15(22)7-10)19(29)12-5-3-2-4-11(12)13/h2-8H,9H2,1H3,(H,24,26,28). The number of methoxy groups -OCH3 is 1. The smallest absolute Gasteiger partial charge is 0.262 e. The van der Waals surface area contributed by atoms with Crippen molar-refractivity contribution in [3.05, 3.63) is 81.0 Å². The van der Waals surface area contributed by atoms with Gasteiger partial charge in [-0.05, 0) is 6.07 Å². The monoisotopic (exact) mass is 446 g/mol.